The number of benzene rings is 1. The fourth-order valence-electron chi connectivity index (χ4n) is 2.80. The van der Waals surface area contributed by atoms with Crippen molar-refractivity contribution in [3.05, 3.63) is 41.5 Å². The highest BCUT2D eigenvalue weighted by molar-refractivity contribution is 6.19. The van der Waals surface area contributed by atoms with Crippen molar-refractivity contribution in [1.29, 1.82) is 0 Å². The first-order valence-corrected chi connectivity index (χ1v) is 7.19. The van der Waals surface area contributed by atoms with Crippen molar-refractivity contribution < 1.29 is 4.79 Å². The fraction of sp³-hybridized carbons (Fsp3) is 0.235. The monoisotopic (exact) mass is 291 g/mol. The van der Waals surface area contributed by atoms with Gasteiger partial charge in [0.2, 0.25) is 0 Å². The van der Waals surface area contributed by atoms with Crippen LogP contribution >= 0.6 is 0 Å². The summed E-state index contributed by atoms with van der Waals surface area (Å²) >= 11 is 0. The summed E-state index contributed by atoms with van der Waals surface area (Å²) in [6, 6.07) is 3.73. The number of H-pyrrole nitrogens is 1. The molecule has 0 spiro atoms. The van der Waals surface area contributed by atoms with E-state index in [0.717, 1.165) is 33.3 Å². The number of nitrogens with one attached hydrogen (secondary N) is 1. The van der Waals surface area contributed by atoms with Crippen molar-refractivity contribution in [3.8, 4) is 0 Å². The summed E-state index contributed by atoms with van der Waals surface area (Å²) in [5.41, 5.74) is 3.73. The van der Waals surface area contributed by atoms with Crippen LogP contribution in [-0.4, -0.2) is 20.9 Å². The molecule has 109 valence electrons. The molecule has 1 aliphatic heterocycles. The van der Waals surface area contributed by atoms with Crippen molar-refractivity contribution in [2.75, 3.05) is 0 Å². The van der Waals surface area contributed by atoms with Gasteiger partial charge in [0.05, 0.1) is 16.6 Å². The van der Waals surface area contributed by atoms with Crippen molar-refractivity contribution in [3.63, 3.8) is 0 Å². The lowest BCUT2D eigenvalue weighted by atomic mass is 9.96. The molecule has 0 aliphatic carbocycles. The highest BCUT2D eigenvalue weighted by atomic mass is 16.1. The summed E-state index contributed by atoms with van der Waals surface area (Å²) in [6.45, 7) is 6.30. The summed E-state index contributed by atoms with van der Waals surface area (Å²) in [6.07, 6.45) is 5.12. The van der Waals surface area contributed by atoms with E-state index in [2.05, 4.69) is 36.1 Å². The minimum atomic E-state index is -0.232. The second-order valence-electron chi connectivity index (χ2n) is 6.50. The van der Waals surface area contributed by atoms with Gasteiger partial charge >= 0.3 is 0 Å². The molecule has 22 heavy (non-hydrogen) atoms. The van der Waals surface area contributed by atoms with Crippen molar-refractivity contribution in [2.24, 2.45) is 0 Å². The number of fused-ring (bicyclic) bond motifs is 6. The Hall–Kier alpha value is -2.69. The lowest BCUT2D eigenvalue weighted by Crippen LogP contribution is -2.16. The zero-order chi connectivity index (χ0) is 15.5. The van der Waals surface area contributed by atoms with Gasteiger partial charge in [0, 0.05) is 28.8 Å². The van der Waals surface area contributed by atoms with Gasteiger partial charge < -0.3 is 4.98 Å². The Labute approximate surface area is 127 Å². The number of hydrogen-bond acceptors (Lipinski definition) is 3. The number of carbonyl (C=O) groups excluding carboxylic acids is 1. The largest absolute Gasteiger partial charge is 0.341 e. The molecule has 1 radical (unpaired) electrons. The van der Waals surface area contributed by atoms with E-state index in [0.29, 0.717) is 5.56 Å². The molecule has 1 aliphatic rings. The molecule has 0 bridgehead atoms. The third-order valence-electron chi connectivity index (χ3n) is 3.90. The number of rotatable bonds is 0. The fourth-order valence-corrected chi connectivity index (χ4v) is 2.80. The number of nitrogens with zero attached hydrogens (tertiary/aromatic N) is 3. The Morgan fingerprint density at radius 3 is 2.77 bits per heavy atom. The van der Waals surface area contributed by atoms with Gasteiger partial charge in [0.15, 0.2) is 0 Å². The summed E-state index contributed by atoms with van der Waals surface area (Å²) in [7, 11) is 0. The van der Waals surface area contributed by atoms with Gasteiger partial charge in [-0.15, -0.1) is 0 Å². The van der Waals surface area contributed by atoms with Crippen LogP contribution < -0.4 is 5.32 Å². The van der Waals surface area contributed by atoms with Crippen molar-refractivity contribution >= 4 is 33.9 Å². The van der Waals surface area contributed by atoms with E-state index in [1.54, 1.807) is 12.4 Å². The zero-order valence-electron chi connectivity index (χ0n) is 12.6. The van der Waals surface area contributed by atoms with E-state index >= 15 is 0 Å². The van der Waals surface area contributed by atoms with Gasteiger partial charge in [0.25, 0.3) is 5.91 Å². The van der Waals surface area contributed by atoms with Crippen LogP contribution in [0.25, 0.3) is 28.0 Å². The molecule has 5 heteroatoms. The van der Waals surface area contributed by atoms with Crippen LogP contribution in [0.5, 0.6) is 0 Å². The van der Waals surface area contributed by atoms with Crippen LogP contribution in [-0.2, 0) is 5.41 Å². The van der Waals surface area contributed by atoms with Gasteiger partial charge in [-0.25, -0.2) is 10.3 Å². The van der Waals surface area contributed by atoms with E-state index in [-0.39, 0.29) is 11.3 Å². The molecule has 0 fully saturated rings. The average Bonchev–Trinajstić information content (AvgIpc) is 2.93. The van der Waals surface area contributed by atoms with Gasteiger partial charge in [-0.3, -0.25) is 9.78 Å². The second-order valence-corrected chi connectivity index (χ2v) is 6.50. The van der Waals surface area contributed by atoms with Crippen LogP contribution in [0.2, 0.25) is 0 Å². The van der Waals surface area contributed by atoms with Crippen LogP contribution in [0.1, 0.15) is 42.5 Å². The molecule has 5 nitrogen and oxygen atoms in total. The molecule has 1 N–H and O–H groups in total. The Morgan fingerprint density at radius 2 is 2.00 bits per heavy atom. The first-order valence-electron chi connectivity index (χ1n) is 7.19. The maximum atomic E-state index is 12.3. The molecular formula is C17H15N4O. The molecule has 4 rings (SSSR count). The highest BCUT2D eigenvalue weighted by Crippen LogP contribution is 2.34. The summed E-state index contributed by atoms with van der Waals surface area (Å²) < 4.78 is 0. The zero-order valence-corrected chi connectivity index (χ0v) is 12.6. The maximum absolute atomic E-state index is 12.3. The predicted molar refractivity (Wildman–Crippen MR) is 85.6 cm³/mol. The third-order valence-corrected chi connectivity index (χ3v) is 3.90. The Kier molecular flexibility index (Phi) is 2.46. The smallest absolute Gasteiger partial charge is 0.278 e. The number of imidazole rings is 1. The highest BCUT2D eigenvalue weighted by Gasteiger charge is 2.26. The molecule has 0 atom stereocenters. The number of carbonyl (C=O) groups is 1. The van der Waals surface area contributed by atoms with E-state index in [1.165, 1.54) is 0 Å². The van der Waals surface area contributed by atoms with Crippen LogP contribution in [0, 0.1) is 0 Å². The molecule has 1 amide bonds. The number of amides is 1. The normalized spacial score (nSPS) is 14.4. The van der Waals surface area contributed by atoms with E-state index in [4.69, 9.17) is 4.98 Å². The van der Waals surface area contributed by atoms with Gasteiger partial charge in [-0.2, -0.15) is 0 Å². The lowest BCUT2D eigenvalue weighted by molar-refractivity contribution is 0.0966. The molecule has 3 heterocycles. The Bertz CT molecular complexity index is 960. The number of pyridine rings is 1. The molecule has 1 aromatic carbocycles. The van der Waals surface area contributed by atoms with Crippen molar-refractivity contribution in [1.82, 2.24) is 20.3 Å². The number of aromatic amines is 1. The lowest BCUT2D eigenvalue weighted by Gasteiger charge is -2.14. The summed E-state index contributed by atoms with van der Waals surface area (Å²) in [4.78, 5) is 24.8. The number of aromatic nitrogens is 3. The first kappa shape index (κ1) is 13.0. The maximum Gasteiger partial charge on any atom is 0.278 e. The SMILES string of the molecule is CC(C)(C)c1nc2c([nH]1)c1c(c3cccnc32)C(=O)[N]C=C1. The third kappa shape index (κ3) is 1.68. The minimum absolute atomic E-state index is 0.111. The Morgan fingerprint density at radius 1 is 1.18 bits per heavy atom. The van der Waals surface area contributed by atoms with E-state index < -0.39 is 0 Å². The molecular weight excluding hydrogens is 276 g/mol. The van der Waals surface area contributed by atoms with Crippen molar-refractivity contribution in [2.45, 2.75) is 26.2 Å². The first-order chi connectivity index (χ1) is 10.5. The summed E-state index contributed by atoms with van der Waals surface area (Å²) in [5, 5.41) is 4.70. The minimum Gasteiger partial charge on any atom is -0.341 e. The molecule has 0 unspecified atom stereocenters. The average molecular weight is 291 g/mol. The molecule has 0 saturated heterocycles. The molecule has 2 aromatic heterocycles. The van der Waals surface area contributed by atoms with Gasteiger partial charge in [0.1, 0.15) is 11.3 Å². The summed E-state index contributed by atoms with van der Waals surface area (Å²) in [5.74, 6) is 0.649. The number of hydrogen-bond donors (Lipinski definition) is 1. The van der Waals surface area contributed by atoms with Crippen LogP contribution in [0.15, 0.2) is 24.5 Å². The van der Waals surface area contributed by atoms with E-state index in [9.17, 15) is 4.79 Å². The quantitative estimate of drug-likeness (QED) is 0.691. The Balaban J connectivity index is 2.24. The van der Waals surface area contributed by atoms with E-state index in [1.807, 2.05) is 18.2 Å². The topological polar surface area (TPSA) is 72.7 Å². The predicted octanol–water partition coefficient (Wildman–Crippen LogP) is 3.14. The van der Waals surface area contributed by atoms with Gasteiger partial charge in [-0.05, 0) is 12.1 Å². The van der Waals surface area contributed by atoms with Gasteiger partial charge in [-0.1, -0.05) is 26.8 Å². The second kappa shape index (κ2) is 4.16. The standard InChI is InChI=1S/C17H15N4O/c1-17(2,3)16-20-13-10-6-8-19-15(22)11(10)9-5-4-7-18-12(9)14(13)21-16/h4-8H,1-3H3,(H,20,21). The molecule has 0 saturated carbocycles. The molecule has 3 aromatic rings. The van der Waals surface area contributed by atoms with Crippen LogP contribution in [0.3, 0.4) is 0 Å². The van der Waals surface area contributed by atoms with Crippen LogP contribution in [0.4, 0.5) is 0 Å².